The summed E-state index contributed by atoms with van der Waals surface area (Å²) in [7, 11) is 0. The van der Waals surface area contributed by atoms with Crippen LogP contribution in [0.3, 0.4) is 0 Å². The van der Waals surface area contributed by atoms with Crippen molar-refractivity contribution in [1.82, 2.24) is 19.9 Å². The van der Waals surface area contributed by atoms with Crippen LogP contribution in [-0.4, -0.2) is 19.9 Å². The van der Waals surface area contributed by atoms with E-state index < -0.39 is 0 Å². The molecule has 51 heavy (non-hydrogen) atoms. The molecule has 0 aliphatic heterocycles. The minimum atomic E-state index is 0.619. The monoisotopic (exact) mass is 652 g/mol. The maximum absolute atomic E-state index is 6.56. The molecule has 10 aromatic rings. The van der Waals surface area contributed by atoms with Gasteiger partial charge in [-0.25, -0.2) is 15.0 Å². The summed E-state index contributed by atoms with van der Waals surface area (Å²) in [5.41, 5.74) is 9.81. The molecule has 5 heteroatoms. The number of furan rings is 1. The third kappa shape index (κ3) is 5.11. The average Bonchev–Trinajstić information content (AvgIpc) is 3.59. The number of fused-ring (bicyclic) bond motifs is 6. The highest BCUT2D eigenvalue weighted by Gasteiger charge is 2.17. The minimum absolute atomic E-state index is 0.619. The lowest BCUT2D eigenvalue weighted by atomic mass is 9.93. The van der Waals surface area contributed by atoms with Crippen molar-refractivity contribution in [3.63, 3.8) is 0 Å². The summed E-state index contributed by atoms with van der Waals surface area (Å²) < 4.78 is 6.56. The summed E-state index contributed by atoms with van der Waals surface area (Å²) in [5.74, 6) is 1.89. The first-order valence-electron chi connectivity index (χ1n) is 17.0. The van der Waals surface area contributed by atoms with Crippen LogP contribution in [0.5, 0.6) is 0 Å². The molecule has 0 radical (unpaired) electrons. The molecule has 0 unspecified atom stereocenters. The van der Waals surface area contributed by atoms with Crippen LogP contribution < -0.4 is 0 Å². The average molecular weight is 653 g/mol. The summed E-state index contributed by atoms with van der Waals surface area (Å²) in [5, 5.41) is 5.60. The van der Waals surface area contributed by atoms with E-state index >= 15 is 0 Å². The van der Waals surface area contributed by atoms with E-state index in [0.29, 0.717) is 17.5 Å². The highest BCUT2D eigenvalue weighted by Crippen LogP contribution is 2.41. The second-order valence-corrected chi connectivity index (χ2v) is 12.7. The second-order valence-electron chi connectivity index (χ2n) is 12.7. The van der Waals surface area contributed by atoms with E-state index in [2.05, 4.69) is 84.9 Å². The van der Waals surface area contributed by atoms with Crippen molar-refractivity contribution >= 4 is 43.6 Å². The topological polar surface area (TPSA) is 64.7 Å². The van der Waals surface area contributed by atoms with E-state index in [1.54, 1.807) is 0 Å². The minimum Gasteiger partial charge on any atom is -0.455 e. The van der Waals surface area contributed by atoms with Crippen LogP contribution >= 0.6 is 0 Å². The zero-order valence-corrected chi connectivity index (χ0v) is 27.4. The van der Waals surface area contributed by atoms with Crippen LogP contribution in [0.15, 0.2) is 174 Å². The number of hydrogen-bond acceptors (Lipinski definition) is 5. The summed E-state index contributed by atoms with van der Waals surface area (Å²) in [4.78, 5) is 19.5. The Kier molecular flexibility index (Phi) is 6.74. The third-order valence-corrected chi connectivity index (χ3v) is 9.55. The molecular weight excluding hydrogens is 625 g/mol. The summed E-state index contributed by atoms with van der Waals surface area (Å²) >= 11 is 0. The molecule has 10 rings (SSSR count). The predicted octanol–water partition coefficient (Wildman–Crippen LogP) is 11.8. The van der Waals surface area contributed by atoms with E-state index in [4.69, 9.17) is 24.4 Å². The maximum Gasteiger partial charge on any atom is 0.164 e. The van der Waals surface area contributed by atoms with Crippen LogP contribution in [0.25, 0.3) is 100 Å². The highest BCUT2D eigenvalue weighted by atomic mass is 16.3. The fraction of sp³-hybridized carbons (Fsp3) is 0. The van der Waals surface area contributed by atoms with Crippen LogP contribution in [0.1, 0.15) is 0 Å². The van der Waals surface area contributed by atoms with Gasteiger partial charge in [-0.05, 0) is 52.4 Å². The molecule has 238 valence electrons. The zero-order valence-electron chi connectivity index (χ0n) is 27.4. The zero-order chi connectivity index (χ0) is 33.7. The van der Waals surface area contributed by atoms with Crippen LogP contribution in [0, 0.1) is 0 Å². The lowest BCUT2D eigenvalue weighted by molar-refractivity contribution is 0.670. The van der Waals surface area contributed by atoms with Gasteiger partial charge in [0.1, 0.15) is 11.2 Å². The van der Waals surface area contributed by atoms with Gasteiger partial charge in [0.05, 0.1) is 5.52 Å². The Balaban J connectivity index is 1.12. The molecule has 0 bridgehead atoms. The SMILES string of the molecule is c1ccc(-c2nc(-c3ccccc3)nc(-c3ccc(-c4cc(-c5ccc6ccc7cccnc7c6c5)cc5c4oc4ccccc45)cc3)n2)cc1. The van der Waals surface area contributed by atoms with E-state index in [-0.39, 0.29) is 0 Å². The molecule has 0 saturated heterocycles. The largest absolute Gasteiger partial charge is 0.455 e. The van der Waals surface area contributed by atoms with Crippen LogP contribution in [-0.2, 0) is 0 Å². The van der Waals surface area contributed by atoms with Gasteiger partial charge < -0.3 is 4.42 Å². The highest BCUT2D eigenvalue weighted by molar-refractivity contribution is 6.12. The molecule has 3 heterocycles. The molecule has 7 aromatic carbocycles. The van der Waals surface area contributed by atoms with Gasteiger partial charge in [0.2, 0.25) is 0 Å². The van der Waals surface area contributed by atoms with Gasteiger partial charge in [-0.1, -0.05) is 133 Å². The smallest absolute Gasteiger partial charge is 0.164 e. The molecule has 0 saturated carbocycles. The maximum atomic E-state index is 6.56. The molecule has 0 amide bonds. The summed E-state index contributed by atoms with van der Waals surface area (Å²) in [6.45, 7) is 0. The van der Waals surface area contributed by atoms with Gasteiger partial charge in [-0.15, -0.1) is 0 Å². The number of rotatable bonds is 5. The Bertz CT molecular complexity index is 2840. The fourth-order valence-corrected chi connectivity index (χ4v) is 6.99. The number of para-hydroxylation sites is 1. The standard InChI is InChI=1S/C46H28N4O/c1-3-10-32(11-4-1)44-48-45(33-12-5-2-6-13-33)50-46(49-44)34-22-18-30(19-23-34)39-27-36(28-40-37-15-7-8-16-41(37)51-43(39)40)35-24-20-29-17-21-31-14-9-25-47-42(31)38(29)26-35/h1-28H. The first kappa shape index (κ1) is 29.0. The summed E-state index contributed by atoms with van der Waals surface area (Å²) in [6, 6.07) is 56.3. The summed E-state index contributed by atoms with van der Waals surface area (Å²) in [6.07, 6.45) is 1.86. The van der Waals surface area contributed by atoms with Crippen molar-refractivity contribution in [2.24, 2.45) is 0 Å². The number of benzene rings is 7. The molecule has 5 nitrogen and oxygen atoms in total. The van der Waals surface area contributed by atoms with Crippen molar-refractivity contribution in [1.29, 1.82) is 0 Å². The molecule has 0 aliphatic carbocycles. The lowest BCUT2D eigenvalue weighted by Gasteiger charge is -2.11. The van der Waals surface area contributed by atoms with Crippen LogP contribution in [0.2, 0.25) is 0 Å². The fourth-order valence-electron chi connectivity index (χ4n) is 6.99. The first-order chi connectivity index (χ1) is 25.2. The second kappa shape index (κ2) is 11.9. The Morgan fingerprint density at radius 3 is 1.67 bits per heavy atom. The molecule has 3 aromatic heterocycles. The Morgan fingerprint density at radius 2 is 0.941 bits per heavy atom. The van der Waals surface area contributed by atoms with Gasteiger partial charge in [0, 0.05) is 50.0 Å². The molecule has 0 fully saturated rings. The van der Waals surface area contributed by atoms with Gasteiger partial charge in [-0.3, -0.25) is 4.98 Å². The van der Waals surface area contributed by atoms with Crippen LogP contribution in [0.4, 0.5) is 0 Å². The molecule has 0 atom stereocenters. The van der Waals surface area contributed by atoms with E-state index in [1.165, 1.54) is 5.39 Å². The van der Waals surface area contributed by atoms with Crippen molar-refractivity contribution in [3.8, 4) is 56.4 Å². The first-order valence-corrected chi connectivity index (χ1v) is 17.0. The van der Waals surface area contributed by atoms with Crippen molar-refractivity contribution in [2.75, 3.05) is 0 Å². The van der Waals surface area contributed by atoms with Gasteiger partial charge in [0.25, 0.3) is 0 Å². The normalized spacial score (nSPS) is 11.5. The number of hydrogen-bond donors (Lipinski definition) is 0. The van der Waals surface area contributed by atoms with E-state index in [1.807, 2.05) is 85.1 Å². The quantitative estimate of drug-likeness (QED) is 0.173. The Labute approximate surface area is 293 Å². The Hall–Kier alpha value is -6.98. The predicted molar refractivity (Wildman–Crippen MR) is 207 cm³/mol. The number of aromatic nitrogens is 4. The van der Waals surface area contributed by atoms with E-state index in [0.717, 1.165) is 77.2 Å². The van der Waals surface area contributed by atoms with Crippen molar-refractivity contribution in [3.05, 3.63) is 170 Å². The molecule has 0 aliphatic rings. The van der Waals surface area contributed by atoms with Gasteiger partial charge in [0.15, 0.2) is 17.5 Å². The number of nitrogens with zero attached hydrogens (tertiary/aromatic N) is 4. The molecule has 0 N–H and O–H groups in total. The lowest BCUT2D eigenvalue weighted by Crippen LogP contribution is -2.00. The van der Waals surface area contributed by atoms with E-state index in [9.17, 15) is 0 Å². The van der Waals surface area contributed by atoms with Gasteiger partial charge >= 0.3 is 0 Å². The Morgan fingerprint density at radius 1 is 0.373 bits per heavy atom. The number of pyridine rings is 1. The third-order valence-electron chi connectivity index (χ3n) is 9.55. The van der Waals surface area contributed by atoms with Gasteiger partial charge in [-0.2, -0.15) is 0 Å². The molecule has 0 spiro atoms. The van der Waals surface area contributed by atoms with Crippen molar-refractivity contribution in [2.45, 2.75) is 0 Å². The van der Waals surface area contributed by atoms with Crippen molar-refractivity contribution < 1.29 is 4.42 Å². The molecular formula is C46H28N4O.